The highest BCUT2D eigenvalue weighted by Crippen LogP contribution is 2.27. The van der Waals surface area contributed by atoms with Crippen molar-refractivity contribution in [2.24, 2.45) is 5.92 Å². The van der Waals surface area contributed by atoms with Gasteiger partial charge in [0, 0.05) is 12.6 Å². The van der Waals surface area contributed by atoms with Gasteiger partial charge in [-0.3, -0.25) is 0 Å². The van der Waals surface area contributed by atoms with E-state index in [0.717, 1.165) is 24.8 Å². The van der Waals surface area contributed by atoms with E-state index >= 15 is 0 Å². The summed E-state index contributed by atoms with van der Waals surface area (Å²) in [7, 11) is 0. The number of hydrogen-bond acceptors (Lipinski definition) is 2. The van der Waals surface area contributed by atoms with E-state index in [4.69, 9.17) is 4.74 Å². The molecule has 1 fully saturated rings. The van der Waals surface area contributed by atoms with Crippen LogP contribution in [0.3, 0.4) is 0 Å². The van der Waals surface area contributed by atoms with Gasteiger partial charge in [0.05, 0.1) is 0 Å². The largest absolute Gasteiger partial charge is 0.492 e. The summed E-state index contributed by atoms with van der Waals surface area (Å²) in [4.78, 5) is 0. The third-order valence-corrected chi connectivity index (χ3v) is 4.09. The van der Waals surface area contributed by atoms with Gasteiger partial charge in [-0.05, 0) is 43.7 Å². The molecule has 0 spiro atoms. The molecule has 0 amide bonds. The Kier molecular flexibility index (Phi) is 6.22. The van der Waals surface area contributed by atoms with E-state index in [1.807, 2.05) is 30.3 Å². The zero-order chi connectivity index (χ0) is 13.3. The number of nitrogens with one attached hydrogen (secondary N) is 1. The standard InChI is InChI=1S/C17H27NO/c1-2-6-15-9-11-16(12-10-15)18-13-14-19-17-7-4-3-5-8-17/h3-5,7-8,15-16,18H,2,6,9-14H2,1H3. The Morgan fingerprint density at radius 3 is 2.53 bits per heavy atom. The molecule has 2 nitrogen and oxygen atoms in total. The number of ether oxygens (including phenoxy) is 1. The molecule has 0 aromatic heterocycles. The molecule has 1 saturated carbocycles. The molecule has 0 bridgehead atoms. The first-order valence-corrected chi connectivity index (χ1v) is 7.79. The zero-order valence-corrected chi connectivity index (χ0v) is 12.1. The SMILES string of the molecule is CCCC1CCC(NCCOc2ccccc2)CC1. The van der Waals surface area contributed by atoms with Crippen LogP contribution in [0, 0.1) is 5.92 Å². The van der Waals surface area contributed by atoms with Crippen LogP contribution >= 0.6 is 0 Å². The summed E-state index contributed by atoms with van der Waals surface area (Å²) in [5, 5.41) is 3.63. The summed E-state index contributed by atoms with van der Waals surface area (Å²) < 4.78 is 5.69. The first kappa shape index (κ1) is 14.4. The minimum Gasteiger partial charge on any atom is -0.492 e. The van der Waals surface area contributed by atoms with E-state index in [9.17, 15) is 0 Å². The van der Waals surface area contributed by atoms with E-state index in [2.05, 4.69) is 12.2 Å². The van der Waals surface area contributed by atoms with Gasteiger partial charge >= 0.3 is 0 Å². The lowest BCUT2D eigenvalue weighted by molar-refractivity contribution is 0.256. The van der Waals surface area contributed by atoms with Crippen LogP contribution in [0.2, 0.25) is 0 Å². The summed E-state index contributed by atoms with van der Waals surface area (Å²) >= 11 is 0. The second-order valence-corrected chi connectivity index (χ2v) is 5.62. The molecular formula is C17H27NO. The second kappa shape index (κ2) is 8.21. The van der Waals surface area contributed by atoms with Gasteiger partial charge in [-0.2, -0.15) is 0 Å². The minimum absolute atomic E-state index is 0.715. The molecule has 0 aliphatic heterocycles. The Hall–Kier alpha value is -1.02. The molecule has 106 valence electrons. The lowest BCUT2D eigenvalue weighted by atomic mass is 9.83. The highest BCUT2D eigenvalue weighted by Gasteiger charge is 2.19. The summed E-state index contributed by atoms with van der Waals surface area (Å²) in [5.74, 6) is 1.96. The fraction of sp³-hybridized carbons (Fsp3) is 0.647. The number of hydrogen-bond donors (Lipinski definition) is 1. The third-order valence-electron chi connectivity index (χ3n) is 4.09. The Labute approximate surface area is 117 Å². The van der Waals surface area contributed by atoms with Gasteiger partial charge in [-0.25, -0.2) is 0 Å². The van der Waals surface area contributed by atoms with Crippen molar-refractivity contribution in [1.29, 1.82) is 0 Å². The van der Waals surface area contributed by atoms with Gasteiger partial charge in [0.25, 0.3) is 0 Å². The van der Waals surface area contributed by atoms with E-state index in [0.29, 0.717) is 6.04 Å². The molecule has 0 heterocycles. The first-order chi connectivity index (χ1) is 9.38. The van der Waals surface area contributed by atoms with Crippen molar-refractivity contribution in [2.45, 2.75) is 51.5 Å². The second-order valence-electron chi connectivity index (χ2n) is 5.62. The van der Waals surface area contributed by atoms with Gasteiger partial charge in [-0.15, -0.1) is 0 Å². The Balaban J connectivity index is 1.55. The topological polar surface area (TPSA) is 21.3 Å². The van der Waals surface area contributed by atoms with Crippen LogP contribution in [0.4, 0.5) is 0 Å². The molecule has 1 aromatic carbocycles. The van der Waals surface area contributed by atoms with Crippen LogP contribution in [-0.4, -0.2) is 19.2 Å². The number of rotatable bonds is 7. The molecule has 2 rings (SSSR count). The fourth-order valence-corrected chi connectivity index (χ4v) is 3.01. The van der Waals surface area contributed by atoms with Crippen molar-refractivity contribution in [3.8, 4) is 5.75 Å². The first-order valence-electron chi connectivity index (χ1n) is 7.79. The maximum atomic E-state index is 5.69. The predicted octanol–water partition coefficient (Wildman–Crippen LogP) is 4.01. The van der Waals surface area contributed by atoms with Gasteiger partial charge in [0.2, 0.25) is 0 Å². The quantitative estimate of drug-likeness (QED) is 0.749. The average Bonchev–Trinajstić information content (AvgIpc) is 2.47. The predicted molar refractivity (Wildman–Crippen MR) is 80.6 cm³/mol. The van der Waals surface area contributed by atoms with Crippen LogP contribution in [0.25, 0.3) is 0 Å². The maximum Gasteiger partial charge on any atom is 0.119 e. The number of para-hydroxylation sites is 1. The van der Waals surface area contributed by atoms with Crippen LogP contribution in [0.1, 0.15) is 45.4 Å². The molecular weight excluding hydrogens is 234 g/mol. The highest BCUT2D eigenvalue weighted by molar-refractivity contribution is 5.20. The van der Waals surface area contributed by atoms with E-state index in [-0.39, 0.29) is 0 Å². The molecule has 19 heavy (non-hydrogen) atoms. The molecule has 1 N–H and O–H groups in total. The van der Waals surface area contributed by atoms with Crippen LogP contribution in [-0.2, 0) is 0 Å². The van der Waals surface area contributed by atoms with Crippen molar-refractivity contribution < 1.29 is 4.74 Å². The lowest BCUT2D eigenvalue weighted by Gasteiger charge is -2.29. The normalized spacial score (nSPS) is 23.2. The van der Waals surface area contributed by atoms with Gasteiger partial charge in [0.15, 0.2) is 0 Å². The lowest BCUT2D eigenvalue weighted by Crippen LogP contribution is -2.35. The Morgan fingerprint density at radius 2 is 1.84 bits per heavy atom. The van der Waals surface area contributed by atoms with Gasteiger partial charge in [0.1, 0.15) is 12.4 Å². The van der Waals surface area contributed by atoms with Crippen LogP contribution < -0.4 is 10.1 Å². The summed E-state index contributed by atoms with van der Waals surface area (Å²) in [6.45, 7) is 4.02. The number of benzene rings is 1. The molecule has 0 unspecified atom stereocenters. The highest BCUT2D eigenvalue weighted by atomic mass is 16.5. The van der Waals surface area contributed by atoms with Crippen molar-refractivity contribution in [2.75, 3.05) is 13.2 Å². The smallest absolute Gasteiger partial charge is 0.119 e. The summed E-state index contributed by atoms with van der Waals surface area (Å²) in [6.07, 6.45) is 8.26. The fourth-order valence-electron chi connectivity index (χ4n) is 3.01. The Bertz CT molecular complexity index is 330. The van der Waals surface area contributed by atoms with E-state index in [1.165, 1.54) is 38.5 Å². The zero-order valence-electron chi connectivity index (χ0n) is 12.1. The molecule has 0 atom stereocenters. The summed E-state index contributed by atoms with van der Waals surface area (Å²) in [5.41, 5.74) is 0. The molecule has 1 aliphatic carbocycles. The van der Waals surface area contributed by atoms with E-state index < -0.39 is 0 Å². The molecule has 2 heteroatoms. The molecule has 0 saturated heterocycles. The van der Waals surface area contributed by atoms with Crippen LogP contribution in [0.5, 0.6) is 5.75 Å². The van der Waals surface area contributed by atoms with Crippen molar-refractivity contribution in [3.63, 3.8) is 0 Å². The third kappa shape index (κ3) is 5.23. The van der Waals surface area contributed by atoms with Gasteiger partial charge in [-0.1, -0.05) is 38.0 Å². The van der Waals surface area contributed by atoms with Crippen molar-refractivity contribution >= 4 is 0 Å². The molecule has 1 aromatic rings. The monoisotopic (exact) mass is 261 g/mol. The minimum atomic E-state index is 0.715. The van der Waals surface area contributed by atoms with E-state index in [1.54, 1.807) is 0 Å². The maximum absolute atomic E-state index is 5.69. The van der Waals surface area contributed by atoms with Crippen LogP contribution in [0.15, 0.2) is 30.3 Å². The molecule has 0 radical (unpaired) electrons. The van der Waals surface area contributed by atoms with Crippen molar-refractivity contribution in [1.82, 2.24) is 5.32 Å². The average molecular weight is 261 g/mol. The Morgan fingerprint density at radius 1 is 1.11 bits per heavy atom. The molecule has 1 aliphatic rings. The van der Waals surface area contributed by atoms with Crippen molar-refractivity contribution in [3.05, 3.63) is 30.3 Å². The summed E-state index contributed by atoms with van der Waals surface area (Å²) in [6, 6.07) is 10.8. The van der Waals surface area contributed by atoms with Gasteiger partial charge < -0.3 is 10.1 Å².